The molecule has 0 bridgehead atoms. The SMILES string of the molecule is CCOc1ccc(C(=O)CC[NH2+][C@@H](C(=O)[O-])[C@H](C)O)cc1. The molecule has 0 aromatic heterocycles. The van der Waals surface area contributed by atoms with Gasteiger partial charge in [-0.05, 0) is 38.1 Å². The Balaban J connectivity index is 2.48. The summed E-state index contributed by atoms with van der Waals surface area (Å²) in [6.45, 7) is 4.10. The van der Waals surface area contributed by atoms with Crippen LogP contribution in [-0.2, 0) is 4.79 Å². The van der Waals surface area contributed by atoms with E-state index in [0.717, 1.165) is 0 Å². The van der Waals surface area contributed by atoms with Crippen molar-refractivity contribution in [2.24, 2.45) is 0 Å². The molecule has 1 rings (SSSR count). The van der Waals surface area contributed by atoms with Crippen molar-refractivity contribution in [3.8, 4) is 5.75 Å². The van der Waals surface area contributed by atoms with Crippen LogP contribution in [0.2, 0.25) is 0 Å². The Hall–Kier alpha value is -1.92. The van der Waals surface area contributed by atoms with Gasteiger partial charge in [0, 0.05) is 5.56 Å². The zero-order chi connectivity index (χ0) is 15.8. The highest BCUT2D eigenvalue weighted by Gasteiger charge is 2.19. The lowest BCUT2D eigenvalue weighted by Gasteiger charge is -2.18. The molecular weight excluding hydrogens is 274 g/mol. The normalized spacial score (nSPS) is 13.5. The number of carboxylic acids is 1. The predicted octanol–water partition coefficient (Wildman–Crippen LogP) is -1.28. The minimum Gasteiger partial charge on any atom is -0.544 e. The summed E-state index contributed by atoms with van der Waals surface area (Å²) in [5.74, 6) is -0.720. The van der Waals surface area contributed by atoms with E-state index in [9.17, 15) is 19.8 Å². The Morgan fingerprint density at radius 3 is 2.43 bits per heavy atom. The van der Waals surface area contributed by atoms with Crippen LogP contribution in [0.5, 0.6) is 5.75 Å². The van der Waals surface area contributed by atoms with E-state index < -0.39 is 18.1 Å². The highest BCUT2D eigenvalue weighted by molar-refractivity contribution is 5.96. The van der Waals surface area contributed by atoms with Gasteiger partial charge in [0.05, 0.1) is 19.6 Å². The molecule has 3 N–H and O–H groups in total. The molecule has 116 valence electrons. The fourth-order valence-electron chi connectivity index (χ4n) is 1.93. The topological polar surface area (TPSA) is 103 Å². The number of carboxylic acid groups (broad SMARTS) is 1. The molecule has 0 saturated carbocycles. The van der Waals surface area contributed by atoms with E-state index in [1.54, 1.807) is 24.3 Å². The summed E-state index contributed by atoms with van der Waals surface area (Å²) in [7, 11) is 0. The van der Waals surface area contributed by atoms with Gasteiger partial charge in [-0.1, -0.05) is 0 Å². The molecule has 0 unspecified atom stereocenters. The van der Waals surface area contributed by atoms with Crippen LogP contribution in [0.15, 0.2) is 24.3 Å². The number of benzene rings is 1. The van der Waals surface area contributed by atoms with Crippen molar-refractivity contribution in [1.29, 1.82) is 0 Å². The third-order valence-corrected chi connectivity index (χ3v) is 3.07. The lowest BCUT2D eigenvalue weighted by Crippen LogP contribution is -2.95. The summed E-state index contributed by atoms with van der Waals surface area (Å²) < 4.78 is 5.29. The second-order valence-corrected chi connectivity index (χ2v) is 4.74. The van der Waals surface area contributed by atoms with Gasteiger partial charge in [0.25, 0.3) is 0 Å². The van der Waals surface area contributed by atoms with E-state index in [-0.39, 0.29) is 18.7 Å². The quantitative estimate of drug-likeness (QED) is 0.552. The standard InChI is InChI=1S/C15H21NO5/c1-3-21-12-6-4-11(5-7-12)13(18)8-9-16-14(10(2)17)15(19)20/h4-7,10,14,16-17H,3,8-9H2,1-2H3,(H,19,20)/t10-,14+/m0/s1. The number of aliphatic hydroxyl groups excluding tert-OH is 1. The molecule has 0 radical (unpaired) electrons. The average Bonchev–Trinajstić information content (AvgIpc) is 2.43. The minimum atomic E-state index is -1.33. The minimum absolute atomic E-state index is 0.0861. The second kappa shape index (κ2) is 8.39. The van der Waals surface area contributed by atoms with Crippen LogP contribution >= 0.6 is 0 Å². The van der Waals surface area contributed by atoms with E-state index in [2.05, 4.69) is 0 Å². The average molecular weight is 295 g/mol. The van der Waals surface area contributed by atoms with E-state index in [1.165, 1.54) is 12.2 Å². The monoisotopic (exact) mass is 295 g/mol. The number of quaternary nitrogens is 1. The molecule has 0 fully saturated rings. The summed E-state index contributed by atoms with van der Waals surface area (Å²) in [5.41, 5.74) is 0.550. The highest BCUT2D eigenvalue weighted by atomic mass is 16.5. The molecule has 0 aliphatic heterocycles. The van der Waals surface area contributed by atoms with Gasteiger partial charge in [0.15, 0.2) is 11.8 Å². The summed E-state index contributed by atoms with van der Waals surface area (Å²) in [4.78, 5) is 22.7. The number of carbonyl (C=O) groups excluding carboxylic acids is 2. The molecule has 6 heteroatoms. The van der Waals surface area contributed by atoms with Crippen molar-refractivity contribution in [3.05, 3.63) is 29.8 Å². The molecule has 6 nitrogen and oxygen atoms in total. The molecule has 2 atom stereocenters. The molecule has 0 amide bonds. The molecule has 1 aromatic carbocycles. The number of ether oxygens (including phenoxy) is 1. The van der Waals surface area contributed by atoms with Gasteiger partial charge in [-0.3, -0.25) is 4.79 Å². The third kappa shape index (κ3) is 5.53. The first-order valence-electron chi connectivity index (χ1n) is 6.94. The van der Waals surface area contributed by atoms with Crippen LogP contribution < -0.4 is 15.2 Å². The first-order valence-corrected chi connectivity index (χ1v) is 6.94. The smallest absolute Gasteiger partial charge is 0.168 e. The Bertz CT molecular complexity index is 469. The Morgan fingerprint density at radius 1 is 1.33 bits per heavy atom. The molecule has 0 saturated heterocycles. The number of Topliss-reactive ketones (excluding diaryl/α,β-unsaturated/α-hetero) is 1. The maximum atomic E-state index is 11.9. The molecular formula is C15H21NO5. The van der Waals surface area contributed by atoms with Crippen LogP contribution in [0.1, 0.15) is 30.6 Å². The van der Waals surface area contributed by atoms with Crippen LogP contribution in [0, 0.1) is 0 Å². The van der Waals surface area contributed by atoms with Gasteiger partial charge >= 0.3 is 0 Å². The number of rotatable bonds is 9. The fraction of sp³-hybridized carbons (Fsp3) is 0.467. The van der Waals surface area contributed by atoms with E-state index in [1.807, 2.05) is 6.92 Å². The van der Waals surface area contributed by atoms with Crippen LogP contribution in [0.4, 0.5) is 0 Å². The van der Waals surface area contributed by atoms with Gasteiger partial charge in [-0.25, -0.2) is 0 Å². The molecule has 0 heterocycles. The van der Waals surface area contributed by atoms with Crippen molar-refractivity contribution in [2.75, 3.05) is 13.2 Å². The predicted molar refractivity (Wildman–Crippen MR) is 73.8 cm³/mol. The van der Waals surface area contributed by atoms with Gasteiger partial charge in [-0.2, -0.15) is 0 Å². The molecule has 0 aliphatic rings. The first-order chi connectivity index (χ1) is 9.95. The van der Waals surface area contributed by atoms with E-state index in [4.69, 9.17) is 4.74 Å². The largest absolute Gasteiger partial charge is 0.544 e. The number of ketones is 1. The van der Waals surface area contributed by atoms with Crippen molar-refractivity contribution in [3.63, 3.8) is 0 Å². The van der Waals surface area contributed by atoms with Crippen molar-refractivity contribution in [1.82, 2.24) is 0 Å². The number of hydrogen-bond donors (Lipinski definition) is 2. The molecule has 21 heavy (non-hydrogen) atoms. The number of nitrogens with two attached hydrogens (primary N) is 1. The van der Waals surface area contributed by atoms with Crippen LogP contribution in [0.25, 0.3) is 0 Å². The van der Waals surface area contributed by atoms with Crippen LogP contribution in [0.3, 0.4) is 0 Å². The zero-order valence-corrected chi connectivity index (χ0v) is 12.2. The van der Waals surface area contributed by atoms with Crippen LogP contribution in [-0.4, -0.2) is 42.2 Å². The van der Waals surface area contributed by atoms with Crippen molar-refractivity contribution >= 4 is 11.8 Å². The number of aliphatic hydroxyl groups is 1. The Morgan fingerprint density at radius 2 is 1.95 bits per heavy atom. The van der Waals surface area contributed by atoms with Gasteiger partial charge in [0.1, 0.15) is 17.8 Å². The third-order valence-electron chi connectivity index (χ3n) is 3.07. The number of carbonyl (C=O) groups is 2. The molecule has 1 aromatic rings. The van der Waals surface area contributed by atoms with E-state index >= 15 is 0 Å². The lowest BCUT2D eigenvalue weighted by atomic mass is 10.1. The zero-order valence-electron chi connectivity index (χ0n) is 12.2. The maximum Gasteiger partial charge on any atom is 0.168 e. The van der Waals surface area contributed by atoms with Gasteiger partial charge < -0.3 is 25.1 Å². The number of aliphatic carboxylic acids is 1. The second-order valence-electron chi connectivity index (χ2n) is 4.74. The Labute approximate surface area is 123 Å². The lowest BCUT2D eigenvalue weighted by molar-refractivity contribution is -0.688. The van der Waals surface area contributed by atoms with E-state index in [0.29, 0.717) is 17.9 Å². The summed E-state index contributed by atoms with van der Waals surface area (Å²) >= 11 is 0. The number of hydrogen-bond acceptors (Lipinski definition) is 5. The van der Waals surface area contributed by atoms with Gasteiger partial charge in [0.2, 0.25) is 0 Å². The van der Waals surface area contributed by atoms with Gasteiger partial charge in [-0.15, -0.1) is 0 Å². The first kappa shape index (κ1) is 17.1. The molecule has 0 aliphatic carbocycles. The summed E-state index contributed by atoms with van der Waals surface area (Å²) in [6.07, 6.45) is -0.847. The molecule has 0 spiro atoms. The highest BCUT2D eigenvalue weighted by Crippen LogP contribution is 2.13. The maximum absolute atomic E-state index is 11.9. The summed E-state index contributed by atoms with van der Waals surface area (Å²) in [6, 6.07) is 5.75. The van der Waals surface area contributed by atoms with Crippen molar-refractivity contribution in [2.45, 2.75) is 32.4 Å². The Kier molecular flexibility index (Phi) is 6.84. The van der Waals surface area contributed by atoms with Crippen molar-refractivity contribution < 1.29 is 29.9 Å². The fourth-order valence-corrected chi connectivity index (χ4v) is 1.93. The summed E-state index contributed by atoms with van der Waals surface area (Å²) in [5, 5.41) is 21.5.